The number of halogens is 1. The van der Waals surface area contributed by atoms with Crippen molar-refractivity contribution >= 4 is 39.9 Å². The van der Waals surface area contributed by atoms with E-state index in [-0.39, 0.29) is 11.8 Å². The van der Waals surface area contributed by atoms with E-state index in [1.165, 1.54) is 11.3 Å². The van der Waals surface area contributed by atoms with Crippen LogP contribution < -0.4 is 5.32 Å². The molecule has 7 heteroatoms. The van der Waals surface area contributed by atoms with Gasteiger partial charge in [0.05, 0.1) is 22.8 Å². The van der Waals surface area contributed by atoms with Crippen molar-refractivity contribution in [2.75, 3.05) is 11.9 Å². The number of nitrogens with zero attached hydrogens (tertiary/aromatic N) is 2. The summed E-state index contributed by atoms with van der Waals surface area (Å²) in [5.74, 6) is -0.278. The highest BCUT2D eigenvalue weighted by Gasteiger charge is 2.25. The number of nitrogens with one attached hydrogen (secondary N) is 1. The fraction of sp³-hybridized carbons (Fsp3) is 0.150. The quantitative estimate of drug-likeness (QED) is 0.718. The zero-order valence-corrected chi connectivity index (χ0v) is 15.9. The molecular weight excluding hydrogens is 382 g/mol. The van der Waals surface area contributed by atoms with Crippen LogP contribution in [0.5, 0.6) is 0 Å². The number of hydrogen-bond donors (Lipinski definition) is 1. The minimum absolute atomic E-state index is 0.0105. The van der Waals surface area contributed by atoms with Gasteiger partial charge in [0.15, 0.2) is 5.13 Å². The lowest BCUT2D eigenvalue weighted by atomic mass is 10.1. The molecule has 136 valence electrons. The zero-order chi connectivity index (χ0) is 18.8. The van der Waals surface area contributed by atoms with Crippen LogP contribution >= 0.6 is 22.9 Å². The Balaban J connectivity index is 1.48. The van der Waals surface area contributed by atoms with Crippen molar-refractivity contribution in [2.45, 2.75) is 13.0 Å². The molecule has 0 aliphatic carbocycles. The van der Waals surface area contributed by atoms with Gasteiger partial charge >= 0.3 is 0 Å². The maximum absolute atomic E-state index is 12.6. The van der Waals surface area contributed by atoms with Crippen molar-refractivity contribution in [3.05, 3.63) is 81.3 Å². The Hall–Kier alpha value is -2.70. The number of rotatable bonds is 3. The van der Waals surface area contributed by atoms with Crippen LogP contribution in [0.1, 0.15) is 31.3 Å². The highest BCUT2D eigenvalue weighted by molar-refractivity contribution is 7.15. The Kier molecular flexibility index (Phi) is 4.92. The minimum Gasteiger partial charge on any atom is -0.333 e. The van der Waals surface area contributed by atoms with E-state index in [0.717, 1.165) is 10.6 Å². The van der Waals surface area contributed by atoms with Gasteiger partial charge in [-0.1, -0.05) is 53.3 Å². The molecule has 1 aliphatic rings. The summed E-state index contributed by atoms with van der Waals surface area (Å²) >= 11 is 7.48. The van der Waals surface area contributed by atoms with Gasteiger partial charge in [-0.15, -0.1) is 0 Å². The molecule has 2 heterocycles. The SMILES string of the molecule is O=C(Nc1nc2c(s1)CN(C(=O)c1ccccc1)CC2)c1ccccc1Cl. The Bertz CT molecular complexity index is 1000. The second-order valence-electron chi connectivity index (χ2n) is 6.17. The van der Waals surface area contributed by atoms with Crippen molar-refractivity contribution in [1.29, 1.82) is 0 Å². The average Bonchev–Trinajstić information content (AvgIpc) is 3.09. The Morgan fingerprint density at radius 3 is 2.59 bits per heavy atom. The molecule has 1 aliphatic heterocycles. The molecule has 27 heavy (non-hydrogen) atoms. The number of fused-ring (bicyclic) bond motifs is 1. The molecule has 3 aromatic rings. The van der Waals surface area contributed by atoms with Crippen molar-refractivity contribution in [3.8, 4) is 0 Å². The van der Waals surface area contributed by atoms with E-state index < -0.39 is 0 Å². The van der Waals surface area contributed by atoms with Gasteiger partial charge in [0.2, 0.25) is 0 Å². The molecule has 0 saturated heterocycles. The lowest BCUT2D eigenvalue weighted by Gasteiger charge is -2.26. The van der Waals surface area contributed by atoms with E-state index in [0.29, 0.717) is 40.8 Å². The van der Waals surface area contributed by atoms with Gasteiger partial charge in [0.25, 0.3) is 11.8 Å². The number of carbonyl (C=O) groups is 2. The third-order valence-electron chi connectivity index (χ3n) is 4.38. The standard InChI is InChI=1S/C20H16ClN3O2S/c21-15-9-5-4-8-14(15)18(25)23-20-22-16-10-11-24(12-17(16)27-20)19(26)13-6-2-1-3-7-13/h1-9H,10-12H2,(H,22,23,25). The van der Waals surface area contributed by atoms with Crippen LogP contribution in [0.2, 0.25) is 5.02 Å². The Labute approximate surface area is 165 Å². The fourth-order valence-electron chi connectivity index (χ4n) is 3.00. The predicted octanol–water partition coefficient (Wildman–Crippen LogP) is 4.25. The number of hydrogen-bond acceptors (Lipinski definition) is 4. The molecule has 4 rings (SSSR count). The molecule has 5 nitrogen and oxygen atoms in total. The molecule has 0 saturated carbocycles. The van der Waals surface area contributed by atoms with E-state index in [1.54, 1.807) is 24.3 Å². The van der Waals surface area contributed by atoms with Crippen LogP contribution in [0.4, 0.5) is 5.13 Å². The van der Waals surface area contributed by atoms with Crippen LogP contribution in [-0.2, 0) is 13.0 Å². The smallest absolute Gasteiger partial charge is 0.258 e. The van der Waals surface area contributed by atoms with Crippen LogP contribution in [0.25, 0.3) is 0 Å². The Morgan fingerprint density at radius 2 is 1.81 bits per heavy atom. The average molecular weight is 398 g/mol. The molecular formula is C20H16ClN3O2S. The van der Waals surface area contributed by atoms with E-state index >= 15 is 0 Å². The van der Waals surface area contributed by atoms with Gasteiger partial charge in [-0.2, -0.15) is 0 Å². The monoisotopic (exact) mass is 397 g/mol. The van der Waals surface area contributed by atoms with Gasteiger partial charge in [-0.25, -0.2) is 4.98 Å². The predicted molar refractivity (Wildman–Crippen MR) is 106 cm³/mol. The summed E-state index contributed by atoms with van der Waals surface area (Å²) in [5.41, 5.74) is 2.03. The Morgan fingerprint density at radius 1 is 1.07 bits per heavy atom. The van der Waals surface area contributed by atoms with Crippen molar-refractivity contribution in [3.63, 3.8) is 0 Å². The third-order valence-corrected chi connectivity index (χ3v) is 5.71. The minimum atomic E-state index is -0.288. The highest BCUT2D eigenvalue weighted by Crippen LogP contribution is 2.29. The summed E-state index contributed by atoms with van der Waals surface area (Å²) < 4.78 is 0. The number of benzene rings is 2. The lowest BCUT2D eigenvalue weighted by Crippen LogP contribution is -2.35. The molecule has 0 bridgehead atoms. The van der Waals surface area contributed by atoms with Gasteiger partial charge in [-0.05, 0) is 24.3 Å². The summed E-state index contributed by atoms with van der Waals surface area (Å²) in [6.07, 6.45) is 0.673. The largest absolute Gasteiger partial charge is 0.333 e. The van der Waals surface area contributed by atoms with E-state index in [4.69, 9.17) is 11.6 Å². The number of amides is 2. The molecule has 0 radical (unpaired) electrons. The first-order valence-electron chi connectivity index (χ1n) is 8.50. The van der Waals surface area contributed by atoms with Crippen LogP contribution in [0.15, 0.2) is 54.6 Å². The number of aromatic nitrogens is 1. The van der Waals surface area contributed by atoms with Gasteiger partial charge < -0.3 is 4.90 Å². The second-order valence-corrected chi connectivity index (χ2v) is 7.66. The maximum Gasteiger partial charge on any atom is 0.258 e. The summed E-state index contributed by atoms with van der Waals surface area (Å²) in [4.78, 5) is 32.4. The lowest BCUT2D eigenvalue weighted by molar-refractivity contribution is 0.0736. The molecule has 1 N–H and O–H groups in total. The first-order chi connectivity index (χ1) is 13.1. The summed E-state index contributed by atoms with van der Waals surface area (Å²) in [6.45, 7) is 1.12. The molecule has 0 spiro atoms. The first-order valence-corrected chi connectivity index (χ1v) is 9.70. The van der Waals surface area contributed by atoms with Gasteiger partial charge in [-0.3, -0.25) is 14.9 Å². The van der Waals surface area contributed by atoms with Crippen molar-refractivity contribution < 1.29 is 9.59 Å². The van der Waals surface area contributed by atoms with E-state index in [1.807, 2.05) is 35.2 Å². The van der Waals surface area contributed by atoms with E-state index in [2.05, 4.69) is 10.3 Å². The number of thiazole rings is 1. The normalized spacial score (nSPS) is 13.1. The fourth-order valence-corrected chi connectivity index (χ4v) is 4.24. The maximum atomic E-state index is 12.6. The van der Waals surface area contributed by atoms with Crippen LogP contribution in [0.3, 0.4) is 0 Å². The summed E-state index contributed by atoms with van der Waals surface area (Å²) in [5, 5.41) is 3.74. The highest BCUT2D eigenvalue weighted by atomic mass is 35.5. The molecule has 1 aromatic heterocycles. The second kappa shape index (κ2) is 7.50. The molecule has 2 aromatic carbocycles. The van der Waals surface area contributed by atoms with Gasteiger partial charge in [0, 0.05) is 23.4 Å². The zero-order valence-electron chi connectivity index (χ0n) is 14.3. The summed E-state index contributed by atoms with van der Waals surface area (Å²) in [6, 6.07) is 16.1. The van der Waals surface area contributed by atoms with Crippen LogP contribution in [0, 0.1) is 0 Å². The molecule has 0 atom stereocenters. The molecule has 0 fully saturated rings. The molecule has 0 unspecified atom stereocenters. The van der Waals surface area contributed by atoms with Crippen molar-refractivity contribution in [2.24, 2.45) is 0 Å². The number of anilines is 1. The third kappa shape index (κ3) is 3.72. The topological polar surface area (TPSA) is 62.3 Å². The van der Waals surface area contributed by atoms with Crippen LogP contribution in [-0.4, -0.2) is 28.2 Å². The van der Waals surface area contributed by atoms with Gasteiger partial charge in [0.1, 0.15) is 0 Å². The van der Waals surface area contributed by atoms with Crippen molar-refractivity contribution in [1.82, 2.24) is 9.88 Å². The molecule has 2 amide bonds. The van der Waals surface area contributed by atoms with E-state index in [9.17, 15) is 9.59 Å². The summed E-state index contributed by atoms with van der Waals surface area (Å²) in [7, 11) is 0. The first kappa shape index (κ1) is 17.7. The number of carbonyl (C=O) groups excluding carboxylic acids is 2.